The topological polar surface area (TPSA) is 70.5 Å². The highest BCUT2D eigenvalue weighted by molar-refractivity contribution is 5.85. The van der Waals surface area contributed by atoms with E-state index in [0.717, 1.165) is 28.9 Å². The largest absolute Gasteiger partial charge is 0.497 e. The van der Waals surface area contributed by atoms with Crippen LogP contribution >= 0.6 is 0 Å². The van der Waals surface area contributed by atoms with Gasteiger partial charge < -0.3 is 20.9 Å². The number of rotatable bonds is 5. The minimum absolute atomic E-state index is 0.601. The second kappa shape index (κ2) is 6.30. The highest BCUT2D eigenvalue weighted by Gasteiger charge is 2.08. The van der Waals surface area contributed by atoms with E-state index in [9.17, 15) is 0 Å². The lowest BCUT2D eigenvalue weighted by Gasteiger charge is -2.12. The van der Waals surface area contributed by atoms with Crippen molar-refractivity contribution in [2.75, 3.05) is 32.3 Å². The van der Waals surface area contributed by atoms with Crippen LogP contribution in [-0.4, -0.2) is 20.8 Å². The number of anilines is 2. The van der Waals surface area contributed by atoms with Gasteiger partial charge in [0.1, 0.15) is 5.75 Å². The number of nitrogen functional groups attached to an aromatic ring is 2. The van der Waals surface area contributed by atoms with Crippen molar-refractivity contribution in [2.45, 2.75) is 6.42 Å². The number of nitrogens with two attached hydrogens (primary N) is 2. The maximum atomic E-state index is 6.10. The molecular weight excluding hydrogens is 252 g/mol. The van der Waals surface area contributed by atoms with Crippen molar-refractivity contribution in [1.29, 1.82) is 0 Å². The lowest BCUT2D eigenvalue weighted by Crippen LogP contribution is -2.01. The van der Waals surface area contributed by atoms with E-state index in [4.69, 9.17) is 20.9 Å². The lowest BCUT2D eigenvalue weighted by molar-refractivity contribution is 0.202. The first-order valence-corrected chi connectivity index (χ1v) is 6.47. The van der Waals surface area contributed by atoms with Crippen molar-refractivity contribution >= 4 is 11.4 Å². The number of hydrogen-bond acceptors (Lipinski definition) is 4. The third kappa shape index (κ3) is 3.03. The molecule has 0 radical (unpaired) electrons. The molecule has 2 rings (SSSR count). The number of benzene rings is 2. The first kappa shape index (κ1) is 14.2. The summed E-state index contributed by atoms with van der Waals surface area (Å²) >= 11 is 0. The van der Waals surface area contributed by atoms with Gasteiger partial charge in [-0.3, -0.25) is 0 Å². The van der Waals surface area contributed by atoms with E-state index in [1.165, 1.54) is 0 Å². The molecule has 0 saturated carbocycles. The molecule has 0 aliphatic heterocycles. The minimum atomic E-state index is 0.601. The molecule has 106 valence electrons. The van der Waals surface area contributed by atoms with Crippen molar-refractivity contribution < 1.29 is 9.47 Å². The van der Waals surface area contributed by atoms with Crippen LogP contribution in [0.25, 0.3) is 11.1 Å². The predicted octanol–water partition coefficient (Wildman–Crippen LogP) is 2.72. The van der Waals surface area contributed by atoms with Crippen molar-refractivity contribution in [1.82, 2.24) is 0 Å². The Hall–Kier alpha value is -2.20. The lowest BCUT2D eigenvalue weighted by atomic mass is 9.98. The van der Waals surface area contributed by atoms with Crippen molar-refractivity contribution in [3.63, 3.8) is 0 Å². The molecule has 4 nitrogen and oxygen atoms in total. The number of methoxy groups -OCH3 is 2. The Labute approximate surface area is 119 Å². The predicted molar refractivity (Wildman–Crippen MR) is 82.8 cm³/mol. The summed E-state index contributed by atoms with van der Waals surface area (Å²) < 4.78 is 10.3. The van der Waals surface area contributed by atoms with Gasteiger partial charge in [-0.05, 0) is 41.8 Å². The quantitative estimate of drug-likeness (QED) is 0.821. The Bertz CT molecular complexity index is 580. The summed E-state index contributed by atoms with van der Waals surface area (Å²) in [5, 5.41) is 0. The molecule has 0 aliphatic carbocycles. The molecular formula is C16H20N2O2. The second-order valence-corrected chi connectivity index (χ2v) is 4.62. The van der Waals surface area contributed by atoms with Crippen LogP contribution in [0.5, 0.6) is 5.75 Å². The fourth-order valence-electron chi connectivity index (χ4n) is 2.11. The molecule has 0 spiro atoms. The normalized spacial score (nSPS) is 10.5. The SMILES string of the molecule is COCCc1cc(N)c(N)c(-c2ccc(OC)cc2)c1. The molecule has 0 fully saturated rings. The summed E-state index contributed by atoms with van der Waals surface area (Å²) in [6.07, 6.45) is 0.810. The summed E-state index contributed by atoms with van der Waals surface area (Å²) in [7, 11) is 3.33. The van der Waals surface area contributed by atoms with Crippen LogP contribution in [-0.2, 0) is 11.2 Å². The average Bonchev–Trinajstić information content (AvgIpc) is 2.48. The van der Waals surface area contributed by atoms with Crippen molar-refractivity contribution in [2.24, 2.45) is 0 Å². The Morgan fingerprint density at radius 3 is 2.30 bits per heavy atom. The van der Waals surface area contributed by atoms with Gasteiger partial charge in [-0.1, -0.05) is 12.1 Å². The molecule has 4 heteroatoms. The van der Waals surface area contributed by atoms with Crippen LogP contribution in [0.4, 0.5) is 11.4 Å². The number of hydrogen-bond donors (Lipinski definition) is 2. The van der Waals surface area contributed by atoms with Crippen LogP contribution in [0.1, 0.15) is 5.56 Å². The second-order valence-electron chi connectivity index (χ2n) is 4.62. The molecule has 0 bridgehead atoms. The first-order chi connectivity index (χ1) is 9.65. The summed E-state index contributed by atoms with van der Waals surface area (Å²) in [5.74, 6) is 0.816. The highest BCUT2D eigenvalue weighted by Crippen LogP contribution is 2.32. The molecule has 0 amide bonds. The number of ether oxygens (including phenoxy) is 2. The summed E-state index contributed by atoms with van der Waals surface area (Å²) in [6, 6.07) is 11.7. The highest BCUT2D eigenvalue weighted by atomic mass is 16.5. The van der Waals surface area contributed by atoms with E-state index >= 15 is 0 Å². The summed E-state index contributed by atoms with van der Waals surface area (Å²) in [5.41, 5.74) is 16.4. The van der Waals surface area contributed by atoms with E-state index in [2.05, 4.69) is 6.07 Å². The van der Waals surface area contributed by atoms with Crippen LogP contribution < -0.4 is 16.2 Å². The Kier molecular flexibility index (Phi) is 4.48. The van der Waals surface area contributed by atoms with Crippen LogP contribution in [0, 0.1) is 0 Å². The van der Waals surface area contributed by atoms with Gasteiger partial charge in [0.2, 0.25) is 0 Å². The van der Waals surface area contributed by atoms with Crippen molar-refractivity contribution in [3.8, 4) is 16.9 Å². The minimum Gasteiger partial charge on any atom is -0.497 e. The van der Waals surface area contributed by atoms with Gasteiger partial charge in [-0.2, -0.15) is 0 Å². The van der Waals surface area contributed by atoms with E-state index in [1.807, 2.05) is 30.3 Å². The molecule has 4 N–H and O–H groups in total. The zero-order valence-corrected chi connectivity index (χ0v) is 11.8. The molecule has 2 aromatic carbocycles. The summed E-state index contributed by atoms with van der Waals surface area (Å²) in [4.78, 5) is 0. The molecule has 2 aromatic rings. The monoisotopic (exact) mass is 272 g/mol. The first-order valence-electron chi connectivity index (χ1n) is 6.47. The van der Waals surface area contributed by atoms with Gasteiger partial charge >= 0.3 is 0 Å². The van der Waals surface area contributed by atoms with E-state index < -0.39 is 0 Å². The fourth-order valence-corrected chi connectivity index (χ4v) is 2.11. The zero-order valence-electron chi connectivity index (χ0n) is 11.8. The van der Waals surface area contributed by atoms with E-state index in [0.29, 0.717) is 18.0 Å². The molecule has 0 saturated heterocycles. The maximum Gasteiger partial charge on any atom is 0.118 e. The third-order valence-corrected chi connectivity index (χ3v) is 3.27. The van der Waals surface area contributed by atoms with Gasteiger partial charge in [0, 0.05) is 12.7 Å². The molecule has 0 atom stereocenters. The molecule has 0 aromatic heterocycles. The summed E-state index contributed by atoms with van der Waals surface area (Å²) in [6.45, 7) is 0.658. The zero-order chi connectivity index (χ0) is 14.5. The molecule has 0 unspecified atom stereocenters. The van der Waals surface area contributed by atoms with Crippen molar-refractivity contribution in [3.05, 3.63) is 42.0 Å². The Morgan fingerprint density at radius 2 is 1.70 bits per heavy atom. The van der Waals surface area contributed by atoms with Crippen LogP contribution in [0.15, 0.2) is 36.4 Å². The smallest absolute Gasteiger partial charge is 0.118 e. The van der Waals surface area contributed by atoms with E-state index in [1.54, 1.807) is 14.2 Å². The van der Waals surface area contributed by atoms with Crippen LogP contribution in [0.3, 0.4) is 0 Å². The molecule has 20 heavy (non-hydrogen) atoms. The van der Waals surface area contributed by atoms with Gasteiger partial charge in [-0.25, -0.2) is 0 Å². The standard InChI is InChI=1S/C16H20N2O2/c1-19-8-7-11-9-14(16(18)15(17)10-11)12-3-5-13(20-2)6-4-12/h3-6,9-10H,7-8,17-18H2,1-2H3. The fraction of sp³-hybridized carbons (Fsp3) is 0.250. The van der Waals surface area contributed by atoms with Gasteiger partial charge in [0.05, 0.1) is 25.1 Å². The van der Waals surface area contributed by atoms with Gasteiger partial charge in [0.15, 0.2) is 0 Å². The Morgan fingerprint density at radius 1 is 1.00 bits per heavy atom. The van der Waals surface area contributed by atoms with E-state index in [-0.39, 0.29) is 0 Å². The third-order valence-electron chi connectivity index (χ3n) is 3.27. The van der Waals surface area contributed by atoms with Crippen LogP contribution in [0.2, 0.25) is 0 Å². The average molecular weight is 272 g/mol. The van der Waals surface area contributed by atoms with Gasteiger partial charge in [-0.15, -0.1) is 0 Å². The maximum absolute atomic E-state index is 6.10. The Balaban J connectivity index is 2.40. The molecule has 0 heterocycles. The molecule has 0 aliphatic rings. The van der Waals surface area contributed by atoms with Gasteiger partial charge in [0.25, 0.3) is 0 Å².